The van der Waals surface area contributed by atoms with Crippen LogP contribution in [0.25, 0.3) is 0 Å². The Balaban J connectivity index is 2.43. The van der Waals surface area contributed by atoms with Gasteiger partial charge in [0.05, 0.1) is 7.11 Å². The van der Waals surface area contributed by atoms with Crippen molar-refractivity contribution in [2.45, 2.75) is 12.8 Å². The van der Waals surface area contributed by atoms with Gasteiger partial charge >= 0.3 is 5.97 Å². The summed E-state index contributed by atoms with van der Waals surface area (Å²) >= 11 is 0. The summed E-state index contributed by atoms with van der Waals surface area (Å²) in [6.07, 6.45) is 0.751. The number of hydrogen-bond donors (Lipinski definition) is 1. The number of methoxy groups -OCH3 is 1. The highest BCUT2D eigenvalue weighted by Crippen LogP contribution is 2.08. The van der Waals surface area contributed by atoms with Crippen LogP contribution in [0, 0.1) is 0 Å². The smallest absolute Gasteiger partial charge is 0.305 e. The van der Waals surface area contributed by atoms with Crippen LogP contribution in [0.2, 0.25) is 0 Å². The van der Waals surface area contributed by atoms with Gasteiger partial charge in [-0.3, -0.25) is 9.59 Å². The molecule has 0 radical (unpaired) electrons. The van der Waals surface area contributed by atoms with Crippen LogP contribution < -0.4 is 5.73 Å². The number of carbonyl (C=O) groups excluding carboxylic acids is 2. The van der Waals surface area contributed by atoms with Crippen LogP contribution in [0.15, 0.2) is 4.63 Å². The molecule has 0 aliphatic carbocycles. The largest absolute Gasteiger partial charge is 0.469 e. The molecule has 2 N–H and O–H groups in total. The summed E-state index contributed by atoms with van der Waals surface area (Å²) in [4.78, 5) is 24.0. The standard InChI is InChI=1S/C9H14N4O4/c1-13(5-3-4-6(14)16-2)9(15)7-8(10)12-17-11-7/h3-5H2,1-2H3,(H2,10,12). The van der Waals surface area contributed by atoms with E-state index >= 15 is 0 Å². The zero-order valence-corrected chi connectivity index (χ0v) is 9.67. The fourth-order valence-corrected chi connectivity index (χ4v) is 1.19. The Morgan fingerprint density at radius 1 is 1.47 bits per heavy atom. The molecule has 94 valence electrons. The van der Waals surface area contributed by atoms with Crippen molar-refractivity contribution in [2.24, 2.45) is 0 Å². The molecule has 0 atom stereocenters. The molecule has 8 heteroatoms. The molecule has 1 heterocycles. The molecule has 0 aromatic carbocycles. The Kier molecular flexibility index (Phi) is 4.44. The van der Waals surface area contributed by atoms with Crippen LogP contribution in [-0.4, -0.2) is 47.8 Å². The molecule has 0 fully saturated rings. The minimum absolute atomic E-state index is 0.0226. The SMILES string of the molecule is COC(=O)CCCN(C)C(=O)c1nonc1N. The Bertz CT molecular complexity index is 403. The average molecular weight is 242 g/mol. The second-order valence-corrected chi connectivity index (χ2v) is 3.40. The molecule has 1 amide bonds. The van der Waals surface area contributed by atoms with Gasteiger partial charge in [-0.2, -0.15) is 0 Å². The van der Waals surface area contributed by atoms with Gasteiger partial charge in [0, 0.05) is 20.0 Å². The van der Waals surface area contributed by atoms with Crippen molar-refractivity contribution in [1.82, 2.24) is 15.2 Å². The number of ether oxygens (including phenoxy) is 1. The van der Waals surface area contributed by atoms with E-state index < -0.39 is 5.91 Å². The molecule has 0 bridgehead atoms. The van der Waals surface area contributed by atoms with Crippen molar-refractivity contribution in [2.75, 3.05) is 26.4 Å². The summed E-state index contributed by atoms with van der Waals surface area (Å²) < 4.78 is 8.81. The number of hydrogen-bond acceptors (Lipinski definition) is 7. The molecule has 0 saturated carbocycles. The van der Waals surface area contributed by atoms with Gasteiger partial charge in [-0.1, -0.05) is 0 Å². The predicted molar refractivity (Wildman–Crippen MR) is 56.9 cm³/mol. The van der Waals surface area contributed by atoms with Crippen molar-refractivity contribution in [3.8, 4) is 0 Å². The number of esters is 1. The van der Waals surface area contributed by atoms with E-state index in [-0.39, 0.29) is 23.9 Å². The normalized spacial score (nSPS) is 10.0. The van der Waals surface area contributed by atoms with E-state index in [2.05, 4.69) is 19.7 Å². The molecule has 1 rings (SSSR count). The number of anilines is 1. The van der Waals surface area contributed by atoms with E-state index in [1.54, 1.807) is 7.05 Å². The molecular formula is C9H14N4O4. The minimum Gasteiger partial charge on any atom is -0.469 e. The van der Waals surface area contributed by atoms with Gasteiger partial charge in [-0.05, 0) is 16.7 Å². The number of nitrogen functional groups attached to an aromatic ring is 1. The fourth-order valence-electron chi connectivity index (χ4n) is 1.19. The maximum Gasteiger partial charge on any atom is 0.305 e. The summed E-state index contributed by atoms with van der Waals surface area (Å²) in [5.74, 6) is -0.753. The van der Waals surface area contributed by atoms with E-state index in [1.807, 2.05) is 0 Å². The van der Waals surface area contributed by atoms with Crippen molar-refractivity contribution >= 4 is 17.7 Å². The minimum atomic E-state index is -0.395. The predicted octanol–water partition coefficient (Wildman–Crippen LogP) is -0.323. The maximum absolute atomic E-state index is 11.7. The van der Waals surface area contributed by atoms with Crippen molar-refractivity contribution in [3.63, 3.8) is 0 Å². The lowest BCUT2D eigenvalue weighted by Gasteiger charge is -2.14. The third-order valence-corrected chi connectivity index (χ3v) is 2.17. The molecule has 8 nitrogen and oxygen atoms in total. The second-order valence-electron chi connectivity index (χ2n) is 3.40. The van der Waals surface area contributed by atoms with Gasteiger partial charge in [-0.25, -0.2) is 4.63 Å². The Labute approximate surface area is 97.7 Å². The Morgan fingerprint density at radius 2 is 2.18 bits per heavy atom. The van der Waals surface area contributed by atoms with Crippen LogP contribution in [0.5, 0.6) is 0 Å². The van der Waals surface area contributed by atoms with E-state index in [9.17, 15) is 9.59 Å². The van der Waals surface area contributed by atoms with Crippen LogP contribution >= 0.6 is 0 Å². The van der Waals surface area contributed by atoms with Gasteiger partial charge < -0.3 is 15.4 Å². The van der Waals surface area contributed by atoms with E-state index in [1.165, 1.54) is 12.0 Å². The molecule has 0 aliphatic rings. The van der Waals surface area contributed by atoms with Gasteiger partial charge in [0.1, 0.15) is 0 Å². The third kappa shape index (κ3) is 3.44. The van der Waals surface area contributed by atoms with E-state index in [0.717, 1.165) is 0 Å². The summed E-state index contributed by atoms with van der Waals surface area (Å²) in [5.41, 5.74) is 5.37. The van der Waals surface area contributed by atoms with Crippen molar-refractivity contribution in [3.05, 3.63) is 5.69 Å². The first-order valence-corrected chi connectivity index (χ1v) is 4.96. The first-order valence-electron chi connectivity index (χ1n) is 4.96. The molecule has 0 aliphatic heterocycles. The van der Waals surface area contributed by atoms with Crippen molar-refractivity contribution in [1.29, 1.82) is 0 Å². The maximum atomic E-state index is 11.7. The molecular weight excluding hydrogens is 228 g/mol. The zero-order chi connectivity index (χ0) is 12.8. The van der Waals surface area contributed by atoms with Crippen LogP contribution in [0.1, 0.15) is 23.3 Å². The lowest BCUT2D eigenvalue weighted by atomic mass is 10.3. The average Bonchev–Trinajstić information content (AvgIpc) is 2.74. The van der Waals surface area contributed by atoms with E-state index in [0.29, 0.717) is 13.0 Å². The molecule has 17 heavy (non-hydrogen) atoms. The number of rotatable bonds is 5. The first kappa shape index (κ1) is 12.9. The summed E-state index contributed by atoms with van der Waals surface area (Å²) in [6.45, 7) is 0.389. The van der Waals surface area contributed by atoms with Crippen molar-refractivity contribution < 1.29 is 19.0 Å². The van der Waals surface area contributed by atoms with Crippen LogP contribution in [0.4, 0.5) is 5.82 Å². The lowest BCUT2D eigenvalue weighted by Crippen LogP contribution is -2.29. The summed E-state index contributed by atoms with van der Waals surface area (Å²) in [5, 5.41) is 6.71. The molecule has 1 aromatic rings. The topological polar surface area (TPSA) is 112 Å². The quantitative estimate of drug-likeness (QED) is 0.704. The number of nitrogens with two attached hydrogens (primary N) is 1. The molecule has 0 unspecified atom stereocenters. The highest BCUT2D eigenvalue weighted by Gasteiger charge is 2.19. The van der Waals surface area contributed by atoms with Gasteiger partial charge in [0.15, 0.2) is 0 Å². The summed E-state index contributed by atoms with van der Waals surface area (Å²) in [6, 6.07) is 0. The Hall–Kier alpha value is -2.12. The highest BCUT2D eigenvalue weighted by molar-refractivity contribution is 5.95. The monoisotopic (exact) mass is 242 g/mol. The number of amides is 1. The van der Waals surface area contributed by atoms with E-state index in [4.69, 9.17) is 5.73 Å². The zero-order valence-electron chi connectivity index (χ0n) is 9.67. The first-order chi connectivity index (χ1) is 8.06. The highest BCUT2D eigenvalue weighted by atomic mass is 16.6. The number of aromatic nitrogens is 2. The number of nitrogens with zero attached hydrogens (tertiary/aromatic N) is 3. The molecule has 0 saturated heterocycles. The second kappa shape index (κ2) is 5.83. The fraction of sp³-hybridized carbons (Fsp3) is 0.556. The third-order valence-electron chi connectivity index (χ3n) is 2.17. The van der Waals surface area contributed by atoms with Gasteiger partial charge in [-0.15, -0.1) is 0 Å². The van der Waals surface area contributed by atoms with Crippen LogP contribution in [-0.2, 0) is 9.53 Å². The van der Waals surface area contributed by atoms with Gasteiger partial charge in [0.25, 0.3) is 5.91 Å². The van der Waals surface area contributed by atoms with Crippen LogP contribution in [0.3, 0.4) is 0 Å². The number of carbonyl (C=O) groups is 2. The Morgan fingerprint density at radius 3 is 2.71 bits per heavy atom. The molecule has 1 aromatic heterocycles. The lowest BCUT2D eigenvalue weighted by molar-refractivity contribution is -0.140. The van der Waals surface area contributed by atoms with Gasteiger partial charge in [0.2, 0.25) is 11.5 Å². The molecule has 0 spiro atoms. The summed E-state index contributed by atoms with van der Waals surface area (Å²) in [7, 11) is 2.90.